The first-order chi connectivity index (χ1) is 6.36. The van der Waals surface area contributed by atoms with Gasteiger partial charge in [-0.3, -0.25) is 0 Å². The van der Waals surface area contributed by atoms with E-state index in [1.165, 1.54) is 5.71 Å². The van der Waals surface area contributed by atoms with E-state index in [4.69, 9.17) is 4.84 Å². The third-order valence-corrected chi connectivity index (χ3v) is 3.42. The van der Waals surface area contributed by atoms with Gasteiger partial charge in [0.1, 0.15) is 0 Å². The maximum Gasteiger partial charge on any atom is 0.154 e. The Morgan fingerprint density at radius 3 is 3.38 bits per heavy atom. The average Bonchev–Trinajstić information content (AvgIpc) is 2.63. The minimum Gasteiger partial charge on any atom is -0.392 e. The molecule has 1 aliphatic heterocycles. The SMILES string of the molecule is OC1CC=C[C@@H]2ON=C3CC[C@H]1[C@@H]32. The summed E-state index contributed by atoms with van der Waals surface area (Å²) in [5.41, 5.74) is 1.17. The Hall–Kier alpha value is -0.830. The molecular weight excluding hydrogens is 166 g/mol. The number of rotatable bonds is 0. The van der Waals surface area contributed by atoms with E-state index in [-0.39, 0.29) is 12.2 Å². The molecule has 0 radical (unpaired) electrons. The minimum atomic E-state index is -0.194. The molecule has 1 fully saturated rings. The predicted octanol–water partition coefficient (Wildman–Crippen LogP) is 1.09. The molecule has 0 saturated heterocycles. The van der Waals surface area contributed by atoms with Crippen LogP contribution in [0.2, 0.25) is 0 Å². The summed E-state index contributed by atoms with van der Waals surface area (Å²) in [5.74, 6) is 0.745. The zero-order valence-corrected chi connectivity index (χ0v) is 7.39. The van der Waals surface area contributed by atoms with Crippen molar-refractivity contribution in [2.75, 3.05) is 0 Å². The standard InChI is InChI=1S/C10H13NO2/c12-8-2-1-3-9-10-6(8)4-5-7(10)11-13-9/h1,3,6,8-10,12H,2,4-5H2/t6-,8?,9+,10+/m1/s1. The molecule has 13 heavy (non-hydrogen) atoms. The van der Waals surface area contributed by atoms with Crippen molar-refractivity contribution in [2.45, 2.75) is 31.5 Å². The zero-order valence-electron chi connectivity index (χ0n) is 7.39. The largest absolute Gasteiger partial charge is 0.392 e. The van der Waals surface area contributed by atoms with E-state index in [9.17, 15) is 5.11 Å². The smallest absolute Gasteiger partial charge is 0.154 e. The topological polar surface area (TPSA) is 41.8 Å². The summed E-state index contributed by atoms with van der Waals surface area (Å²) < 4.78 is 0. The molecule has 3 aliphatic rings. The molecule has 0 aromatic carbocycles. The lowest BCUT2D eigenvalue weighted by Gasteiger charge is -2.21. The maximum atomic E-state index is 9.86. The Kier molecular flexibility index (Phi) is 1.50. The van der Waals surface area contributed by atoms with Gasteiger partial charge < -0.3 is 9.94 Å². The van der Waals surface area contributed by atoms with Crippen LogP contribution < -0.4 is 0 Å². The second kappa shape index (κ2) is 2.58. The van der Waals surface area contributed by atoms with Crippen LogP contribution in [0.15, 0.2) is 17.3 Å². The first-order valence-corrected chi connectivity index (χ1v) is 4.93. The fraction of sp³-hybridized carbons (Fsp3) is 0.700. The molecule has 1 unspecified atom stereocenters. The minimum absolute atomic E-state index is 0.111. The molecular formula is C10H13NO2. The van der Waals surface area contributed by atoms with Gasteiger partial charge in [0, 0.05) is 5.92 Å². The van der Waals surface area contributed by atoms with Gasteiger partial charge in [-0.25, -0.2) is 0 Å². The normalized spacial score (nSPS) is 46.7. The summed E-state index contributed by atoms with van der Waals surface area (Å²) in [5, 5.41) is 13.9. The Morgan fingerprint density at radius 2 is 2.46 bits per heavy atom. The van der Waals surface area contributed by atoms with Crippen LogP contribution in [-0.4, -0.2) is 23.0 Å². The third-order valence-electron chi connectivity index (χ3n) is 3.42. The van der Waals surface area contributed by atoms with Crippen molar-refractivity contribution >= 4 is 5.71 Å². The van der Waals surface area contributed by atoms with Gasteiger partial charge in [0.25, 0.3) is 0 Å². The molecule has 0 amide bonds. The maximum absolute atomic E-state index is 9.86. The van der Waals surface area contributed by atoms with Crippen molar-refractivity contribution in [3.05, 3.63) is 12.2 Å². The first kappa shape index (κ1) is 7.56. The number of hydrogen-bond donors (Lipinski definition) is 1. The summed E-state index contributed by atoms with van der Waals surface area (Å²) in [6.07, 6.45) is 6.85. The molecule has 0 aromatic heterocycles. The van der Waals surface area contributed by atoms with Gasteiger partial charge in [-0.05, 0) is 31.3 Å². The van der Waals surface area contributed by atoms with Gasteiger partial charge in [0.15, 0.2) is 6.10 Å². The molecule has 1 N–H and O–H groups in total. The van der Waals surface area contributed by atoms with Crippen LogP contribution in [-0.2, 0) is 4.84 Å². The van der Waals surface area contributed by atoms with Crippen LogP contribution >= 0.6 is 0 Å². The third kappa shape index (κ3) is 0.967. The number of hydrogen-bond acceptors (Lipinski definition) is 3. The molecule has 3 rings (SSSR count). The van der Waals surface area contributed by atoms with Gasteiger partial charge in [0.05, 0.1) is 11.8 Å². The number of aliphatic hydroxyl groups excluding tert-OH is 1. The van der Waals surface area contributed by atoms with Gasteiger partial charge in [-0.15, -0.1) is 0 Å². The molecule has 2 aliphatic carbocycles. The highest BCUT2D eigenvalue weighted by Gasteiger charge is 2.46. The Labute approximate surface area is 77.1 Å². The van der Waals surface area contributed by atoms with Crippen molar-refractivity contribution < 1.29 is 9.94 Å². The molecule has 3 heteroatoms. The second-order valence-electron chi connectivity index (χ2n) is 4.11. The average molecular weight is 179 g/mol. The summed E-state index contributed by atoms with van der Waals surface area (Å²) in [7, 11) is 0. The van der Waals surface area contributed by atoms with Crippen molar-refractivity contribution in [1.82, 2.24) is 0 Å². The Balaban J connectivity index is 1.98. The monoisotopic (exact) mass is 179 g/mol. The van der Waals surface area contributed by atoms with Gasteiger partial charge >= 0.3 is 0 Å². The lowest BCUT2D eigenvalue weighted by molar-refractivity contribution is 0.0438. The Morgan fingerprint density at radius 1 is 1.54 bits per heavy atom. The Bertz CT molecular complexity index is 285. The fourth-order valence-electron chi connectivity index (χ4n) is 2.76. The van der Waals surface area contributed by atoms with Crippen LogP contribution in [0.5, 0.6) is 0 Å². The molecule has 0 aromatic rings. The number of oxime groups is 1. The van der Waals surface area contributed by atoms with Crippen LogP contribution in [0.4, 0.5) is 0 Å². The molecule has 1 heterocycles. The van der Waals surface area contributed by atoms with Gasteiger partial charge in [0.2, 0.25) is 0 Å². The van der Waals surface area contributed by atoms with Crippen molar-refractivity contribution in [3.8, 4) is 0 Å². The van der Waals surface area contributed by atoms with Crippen molar-refractivity contribution in [3.63, 3.8) is 0 Å². The van der Waals surface area contributed by atoms with E-state index >= 15 is 0 Å². The van der Waals surface area contributed by atoms with Crippen LogP contribution in [0.25, 0.3) is 0 Å². The van der Waals surface area contributed by atoms with E-state index in [2.05, 4.69) is 11.2 Å². The van der Waals surface area contributed by atoms with Crippen LogP contribution in [0, 0.1) is 11.8 Å². The van der Waals surface area contributed by atoms with E-state index in [1.807, 2.05) is 6.08 Å². The predicted molar refractivity (Wildman–Crippen MR) is 48.3 cm³/mol. The van der Waals surface area contributed by atoms with Crippen LogP contribution in [0.1, 0.15) is 19.3 Å². The lowest BCUT2D eigenvalue weighted by Crippen LogP contribution is -2.29. The summed E-state index contributed by atoms with van der Waals surface area (Å²) in [6, 6.07) is 0. The van der Waals surface area contributed by atoms with Gasteiger partial charge in [-0.1, -0.05) is 11.2 Å². The highest BCUT2D eigenvalue weighted by Crippen LogP contribution is 2.42. The molecule has 1 saturated carbocycles. The van der Waals surface area contributed by atoms with E-state index < -0.39 is 0 Å². The number of nitrogens with zero attached hydrogens (tertiary/aromatic N) is 1. The first-order valence-electron chi connectivity index (χ1n) is 4.93. The summed E-state index contributed by atoms with van der Waals surface area (Å²) >= 11 is 0. The van der Waals surface area contributed by atoms with E-state index in [0.717, 1.165) is 19.3 Å². The van der Waals surface area contributed by atoms with E-state index in [1.54, 1.807) is 0 Å². The second-order valence-corrected chi connectivity index (χ2v) is 4.11. The highest BCUT2D eigenvalue weighted by molar-refractivity contribution is 5.90. The fourth-order valence-corrected chi connectivity index (χ4v) is 2.76. The molecule has 0 spiro atoms. The van der Waals surface area contributed by atoms with Crippen molar-refractivity contribution in [1.29, 1.82) is 0 Å². The molecule has 4 atom stereocenters. The summed E-state index contributed by atoms with van der Waals surface area (Å²) in [6.45, 7) is 0. The number of aliphatic hydroxyl groups is 1. The zero-order chi connectivity index (χ0) is 8.84. The molecule has 0 bridgehead atoms. The molecule has 3 nitrogen and oxygen atoms in total. The highest BCUT2D eigenvalue weighted by atomic mass is 16.6. The molecule has 70 valence electrons. The lowest BCUT2D eigenvalue weighted by atomic mass is 9.87. The van der Waals surface area contributed by atoms with Gasteiger partial charge in [-0.2, -0.15) is 0 Å². The summed E-state index contributed by atoms with van der Waals surface area (Å²) in [4.78, 5) is 5.31. The quantitative estimate of drug-likeness (QED) is 0.565. The van der Waals surface area contributed by atoms with E-state index in [0.29, 0.717) is 11.8 Å². The van der Waals surface area contributed by atoms with Crippen molar-refractivity contribution in [2.24, 2.45) is 17.0 Å². The van der Waals surface area contributed by atoms with Crippen LogP contribution in [0.3, 0.4) is 0 Å².